The highest BCUT2D eigenvalue weighted by molar-refractivity contribution is 5.80. The van der Waals surface area contributed by atoms with Crippen molar-refractivity contribution in [2.45, 2.75) is 72.1 Å². The molecule has 0 aliphatic carbocycles. The Bertz CT molecular complexity index is 475. The molecule has 0 aliphatic heterocycles. The zero-order valence-electron chi connectivity index (χ0n) is 20.0. The van der Waals surface area contributed by atoms with Crippen LogP contribution in [0.15, 0.2) is 0 Å². The van der Waals surface area contributed by atoms with Gasteiger partial charge in [-0.25, -0.2) is 4.79 Å². The number of carbonyl (C=O) groups is 4. The van der Waals surface area contributed by atoms with E-state index in [1.165, 1.54) is 13.8 Å². The Morgan fingerprint density at radius 2 is 1.09 bits per heavy atom. The summed E-state index contributed by atoms with van der Waals surface area (Å²) in [6, 6.07) is 0. The van der Waals surface area contributed by atoms with E-state index in [1.54, 1.807) is 0 Å². The second-order valence-electron chi connectivity index (χ2n) is 6.50. The number of amides is 3. The van der Waals surface area contributed by atoms with Crippen molar-refractivity contribution in [3.8, 4) is 0 Å². The van der Waals surface area contributed by atoms with E-state index in [0.29, 0.717) is 13.1 Å². The predicted molar refractivity (Wildman–Crippen MR) is 126 cm³/mol. The topological polar surface area (TPSA) is 255 Å². The minimum absolute atomic E-state index is 0.0163. The first kappa shape index (κ1) is 37.0. The Morgan fingerprint density at radius 1 is 0.719 bits per heavy atom. The van der Waals surface area contributed by atoms with Gasteiger partial charge < -0.3 is 49.7 Å². The van der Waals surface area contributed by atoms with E-state index in [2.05, 4.69) is 34.3 Å². The van der Waals surface area contributed by atoms with E-state index in [1.807, 2.05) is 6.92 Å². The molecule has 0 fully saturated rings. The molecule has 0 bridgehead atoms. The summed E-state index contributed by atoms with van der Waals surface area (Å²) in [6.45, 7) is 9.97. The molecule has 0 saturated carbocycles. The number of hydrogen-bond donors (Lipinski definition) is 9. The van der Waals surface area contributed by atoms with Crippen molar-refractivity contribution in [1.29, 1.82) is 0 Å². The molecule has 0 aliphatic rings. The highest BCUT2D eigenvalue weighted by Gasteiger charge is 2.05. The van der Waals surface area contributed by atoms with Crippen LogP contribution in [0.1, 0.15) is 59.8 Å². The molecule has 0 spiro atoms. The molecule has 3 amide bonds. The number of nitrogens with one attached hydrogen (secondary N) is 3. The fourth-order valence-electron chi connectivity index (χ4n) is 1.32. The van der Waals surface area contributed by atoms with Gasteiger partial charge in [0.25, 0.3) is 5.91 Å². The first-order chi connectivity index (χ1) is 14.9. The molecule has 192 valence electrons. The summed E-state index contributed by atoms with van der Waals surface area (Å²) >= 11 is 0. The molecule has 0 heterocycles. The van der Waals surface area contributed by atoms with Crippen LogP contribution in [0.25, 0.3) is 0 Å². The molecule has 0 saturated heterocycles. The van der Waals surface area contributed by atoms with Gasteiger partial charge in [0.05, 0.1) is 0 Å². The number of hydrogen-bond acceptors (Lipinski definition) is 9. The van der Waals surface area contributed by atoms with E-state index in [4.69, 9.17) is 22.3 Å². The fraction of sp³-hybridized carbons (Fsp3) is 0.789. The van der Waals surface area contributed by atoms with Crippen molar-refractivity contribution in [1.82, 2.24) is 16.0 Å². The Labute approximate surface area is 191 Å². The summed E-state index contributed by atoms with van der Waals surface area (Å²) in [6.07, 6.45) is 2.65. The highest BCUT2D eigenvalue weighted by Crippen LogP contribution is 1.92. The number of nitrogens with two attached hydrogens (primary N) is 5. The van der Waals surface area contributed by atoms with Crippen molar-refractivity contribution in [2.75, 3.05) is 26.2 Å². The molecule has 0 aromatic carbocycles. The number of rotatable bonds is 11. The Hall–Kier alpha value is -2.32. The third kappa shape index (κ3) is 46.1. The maximum absolute atomic E-state index is 10.9. The molecule has 0 atom stereocenters. The van der Waals surface area contributed by atoms with E-state index in [-0.39, 0.29) is 17.7 Å². The van der Waals surface area contributed by atoms with Crippen LogP contribution in [-0.4, -0.2) is 67.3 Å². The van der Waals surface area contributed by atoms with Gasteiger partial charge in [-0.1, -0.05) is 13.8 Å². The molecule has 32 heavy (non-hydrogen) atoms. The van der Waals surface area contributed by atoms with Gasteiger partial charge in [-0.2, -0.15) is 0 Å². The van der Waals surface area contributed by atoms with Crippen LogP contribution in [-0.2, 0) is 19.2 Å². The summed E-state index contributed by atoms with van der Waals surface area (Å²) in [5.74, 6) is -1.48. The molecular formula is C19H46N8O5. The highest BCUT2D eigenvalue weighted by atomic mass is 16.4. The van der Waals surface area contributed by atoms with Gasteiger partial charge in [-0.15, -0.1) is 0 Å². The number of carbonyl (C=O) groups excluding carboxylic acids is 3. The van der Waals surface area contributed by atoms with Crippen LogP contribution >= 0.6 is 0 Å². The third-order valence-electron chi connectivity index (χ3n) is 3.03. The summed E-state index contributed by atoms with van der Waals surface area (Å²) in [5, 5.41) is 15.7. The Kier molecular flexibility index (Phi) is 33.2. The van der Waals surface area contributed by atoms with Crippen LogP contribution < -0.4 is 44.6 Å². The second kappa shape index (κ2) is 28.7. The lowest BCUT2D eigenvalue weighted by Gasteiger charge is -2.07. The van der Waals surface area contributed by atoms with Gasteiger partial charge in [-0.3, -0.25) is 14.4 Å². The molecule has 14 N–H and O–H groups in total. The number of aliphatic carboxylic acids is 1. The van der Waals surface area contributed by atoms with Gasteiger partial charge in [0.1, 0.15) is 6.17 Å². The van der Waals surface area contributed by atoms with Crippen molar-refractivity contribution >= 4 is 23.7 Å². The fourth-order valence-corrected chi connectivity index (χ4v) is 1.32. The number of carboxylic acid groups (broad SMARTS) is 1. The summed E-state index contributed by atoms with van der Waals surface area (Å²) in [5.41, 5.74) is 24.6. The van der Waals surface area contributed by atoms with Gasteiger partial charge >= 0.3 is 5.97 Å². The van der Waals surface area contributed by atoms with Crippen molar-refractivity contribution < 1.29 is 24.3 Å². The minimum Gasteiger partial charge on any atom is -0.479 e. The standard InChI is InChI=1S/C9H20N4O2.C5H11NO.C3H9N.C2H6N2O2/c1-7(14)12-5-3-2-4-6-13-9(15)8(10)11;1-3-4-6-5(2)7;1-2-3-4;3-1(4)2(5)6/h8H,2-6,10-11H2,1H3,(H,12,14)(H,13,15);3-4H2,1-2H3,(H,6,7);2-4H2,1H3;1H,3-4H2,(H,5,6). The summed E-state index contributed by atoms with van der Waals surface area (Å²) < 4.78 is 0. The van der Waals surface area contributed by atoms with Gasteiger partial charge in [0.15, 0.2) is 6.17 Å². The number of unbranched alkanes of at least 4 members (excludes halogenated alkanes) is 2. The largest absolute Gasteiger partial charge is 0.479 e. The molecule has 0 unspecified atom stereocenters. The van der Waals surface area contributed by atoms with Crippen molar-refractivity contribution in [3.05, 3.63) is 0 Å². The van der Waals surface area contributed by atoms with E-state index < -0.39 is 18.3 Å². The first-order valence-electron chi connectivity index (χ1n) is 10.6. The molecule has 0 aromatic rings. The zero-order valence-corrected chi connectivity index (χ0v) is 20.0. The van der Waals surface area contributed by atoms with Crippen LogP contribution in [0.4, 0.5) is 0 Å². The van der Waals surface area contributed by atoms with Crippen LogP contribution in [0.3, 0.4) is 0 Å². The second-order valence-corrected chi connectivity index (χ2v) is 6.50. The van der Waals surface area contributed by atoms with Gasteiger partial charge in [0.2, 0.25) is 11.8 Å². The normalized spacial score (nSPS) is 9.22. The van der Waals surface area contributed by atoms with Crippen LogP contribution in [0.5, 0.6) is 0 Å². The Balaban J connectivity index is -0.000000191. The molecular weight excluding hydrogens is 420 g/mol. The average Bonchev–Trinajstić information content (AvgIpc) is 2.72. The van der Waals surface area contributed by atoms with Gasteiger partial charge in [0, 0.05) is 33.5 Å². The molecule has 13 nitrogen and oxygen atoms in total. The quantitative estimate of drug-likeness (QED) is 0.118. The lowest BCUT2D eigenvalue weighted by Crippen LogP contribution is -2.47. The molecule has 0 rings (SSSR count). The summed E-state index contributed by atoms with van der Waals surface area (Å²) in [7, 11) is 0. The van der Waals surface area contributed by atoms with Crippen molar-refractivity contribution in [2.24, 2.45) is 28.7 Å². The minimum atomic E-state index is -1.23. The smallest absolute Gasteiger partial charge is 0.335 e. The lowest BCUT2D eigenvalue weighted by molar-refractivity contribution is -0.138. The first-order valence-corrected chi connectivity index (χ1v) is 10.6. The molecule has 13 heteroatoms. The molecule has 0 aromatic heterocycles. The van der Waals surface area contributed by atoms with E-state index in [0.717, 1.165) is 45.2 Å². The molecule has 0 radical (unpaired) electrons. The van der Waals surface area contributed by atoms with E-state index >= 15 is 0 Å². The zero-order chi connectivity index (χ0) is 25.9. The lowest BCUT2D eigenvalue weighted by atomic mass is 10.2. The summed E-state index contributed by atoms with van der Waals surface area (Å²) in [4.78, 5) is 40.9. The van der Waals surface area contributed by atoms with Crippen LogP contribution in [0, 0.1) is 0 Å². The number of carboxylic acids is 1. The maximum atomic E-state index is 10.9. The van der Waals surface area contributed by atoms with Crippen LogP contribution in [0.2, 0.25) is 0 Å². The monoisotopic (exact) mass is 466 g/mol. The maximum Gasteiger partial charge on any atom is 0.335 e. The average molecular weight is 467 g/mol. The third-order valence-corrected chi connectivity index (χ3v) is 3.03. The SMILES string of the molecule is CC(=O)NCCCCCNC(=O)C(N)N.CCCN.CCCNC(C)=O.NC(N)C(=O)O. The van der Waals surface area contributed by atoms with Crippen molar-refractivity contribution in [3.63, 3.8) is 0 Å². The Morgan fingerprint density at radius 3 is 1.34 bits per heavy atom. The van der Waals surface area contributed by atoms with Gasteiger partial charge in [-0.05, 0) is 38.6 Å². The van der Waals surface area contributed by atoms with E-state index in [9.17, 15) is 19.2 Å². The predicted octanol–water partition coefficient (Wildman–Crippen LogP) is -2.15.